The quantitative estimate of drug-likeness (QED) is 0.616. The Balaban J connectivity index is 2.85. The van der Waals surface area contributed by atoms with E-state index >= 15 is 0 Å². The third-order valence-corrected chi connectivity index (χ3v) is 3.96. The van der Waals surface area contributed by atoms with Gasteiger partial charge in [-0.15, -0.1) is 4.36 Å². The first-order chi connectivity index (χ1) is 7.44. The van der Waals surface area contributed by atoms with Crippen molar-refractivity contribution in [3.8, 4) is 12.5 Å². The average Bonchev–Trinajstić information content (AvgIpc) is 2.17. The molecule has 5 heteroatoms. The number of rotatable bonds is 3. The molecule has 1 rings (SSSR count). The second-order valence-electron chi connectivity index (χ2n) is 3.66. The van der Waals surface area contributed by atoms with Crippen molar-refractivity contribution in [2.45, 2.75) is 12.8 Å². The molecule has 0 aliphatic heterocycles. The first kappa shape index (κ1) is 13.0. The maximum absolute atomic E-state index is 11.9. The molecule has 0 fully saturated rings. The van der Waals surface area contributed by atoms with E-state index in [9.17, 15) is 4.21 Å². The molecule has 0 bridgehead atoms. The highest BCUT2D eigenvalue weighted by atomic mass is 35.5. The lowest BCUT2D eigenvalue weighted by molar-refractivity contribution is 0.675. The zero-order valence-electron chi connectivity index (χ0n) is 9.18. The second kappa shape index (κ2) is 5.33. The molecule has 0 spiro atoms. The van der Waals surface area contributed by atoms with Crippen LogP contribution in [0.4, 0.5) is 0 Å². The van der Waals surface area contributed by atoms with Gasteiger partial charge in [0.1, 0.15) is 5.15 Å². The molecular formula is C11H13ClN2OS. The van der Waals surface area contributed by atoms with Gasteiger partial charge in [-0.2, -0.15) is 0 Å². The van der Waals surface area contributed by atoms with Crippen LogP contribution < -0.4 is 0 Å². The minimum atomic E-state index is -2.31. The number of terminal acetylenes is 1. The van der Waals surface area contributed by atoms with Crippen LogP contribution in [0, 0.1) is 12.5 Å². The first-order valence-corrected chi connectivity index (χ1v) is 7.17. The molecule has 1 aromatic rings. The summed E-state index contributed by atoms with van der Waals surface area (Å²) in [4.78, 5) is 3.98. The molecule has 2 atom stereocenters. The third kappa shape index (κ3) is 3.84. The molecule has 0 amide bonds. The molecule has 2 unspecified atom stereocenters. The van der Waals surface area contributed by atoms with Gasteiger partial charge in [-0.1, -0.05) is 31.0 Å². The Bertz CT molecular complexity index is 510. The molecule has 1 heterocycles. The molecule has 86 valence electrons. The normalized spacial score (nSPS) is 15.9. The minimum absolute atomic E-state index is 0.0827. The van der Waals surface area contributed by atoms with E-state index in [-0.39, 0.29) is 5.92 Å². The molecule has 0 N–H and O–H groups in total. The van der Waals surface area contributed by atoms with Crippen LogP contribution in [-0.4, -0.2) is 21.2 Å². The van der Waals surface area contributed by atoms with Crippen molar-refractivity contribution >= 4 is 21.3 Å². The fourth-order valence-corrected chi connectivity index (χ4v) is 2.92. The first-order valence-electron chi connectivity index (χ1n) is 4.70. The lowest BCUT2D eigenvalue weighted by Crippen LogP contribution is -2.10. The van der Waals surface area contributed by atoms with Gasteiger partial charge in [-0.3, -0.25) is 0 Å². The van der Waals surface area contributed by atoms with Gasteiger partial charge in [-0.05, 0) is 17.5 Å². The standard InChI is InChI=1S/C11H13ClN2OS/c1-4-14-16(3,15)8-9(2)10-5-6-11(12)13-7-10/h1,5-7,9H,8H2,2-3H3. The van der Waals surface area contributed by atoms with E-state index in [1.54, 1.807) is 18.5 Å². The van der Waals surface area contributed by atoms with Gasteiger partial charge in [0.05, 0.1) is 9.73 Å². The fourth-order valence-electron chi connectivity index (χ4n) is 1.39. The van der Waals surface area contributed by atoms with Crippen molar-refractivity contribution in [3.63, 3.8) is 0 Å². The maximum atomic E-state index is 11.9. The molecule has 0 saturated heterocycles. The van der Waals surface area contributed by atoms with Crippen LogP contribution in [0.1, 0.15) is 18.4 Å². The van der Waals surface area contributed by atoms with Crippen molar-refractivity contribution < 1.29 is 4.21 Å². The number of hydrogen-bond acceptors (Lipinski definition) is 3. The molecule has 0 aromatic carbocycles. The molecule has 0 aliphatic carbocycles. The molecule has 3 nitrogen and oxygen atoms in total. The van der Waals surface area contributed by atoms with Crippen LogP contribution in [0.2, 0.25) is 5.15 Å². The van der Waals surface area contributed by atoms with Crippen molar-refractivity contribution in [2.75, 3.05) is 12.0 Å². The van der Waals surface area contributed by atoms with Crippen LogP contribution in [0.25, 0.3) is 0 Å². The predicted molar refractivity (Wildman–Crippen MR) is 67.9 cm³/mol. The average molecular weight is 257 g/mol. The number of pyridine rings is 1. The highest BCUT2D eigenvalue weighted by molar-refractivity contribution is 7.93. The summed E-state index contributed by atoms with van der Waals surface area (Å²) >= 11 is 5.69. The minimum Gasteiger partial charge on any atom is -0.249 e. The SMILES string of the molecule is C#CN=S(C)(=O)CC(C)c1ccc(Cl)nc1. The Hall–Kier alpha value is -1.05. The summed E-state index contributed by atoms with van der Waals surface area (Å²) in [5.74, 6) is 0.500. The summed E-state index contributed by atoms with van der Waals surface area (Å²) in [6.07, 6.45) is 8.26. The zero-order valence-corrected chi connectivity index (χ0v) is 10.8. The van der Waals surface area contributed by atoms with Crippen LogP contribution in [0.5, 0.6) is 0 Å². The molecular weight excluding hydrogens is 244 g/mol. The van der Waals surface area contributed by atoms with E-state index in [0.717, 1.165) is 5.56 Å². The van der Waals surface area contributed by atoms with Crippen LogP contribution in [-0.2, 0) is 9.73 Å². The Morgan fingerprint density at radius 3 is 2.88 bits per heavy atom. The summed E-state index contributed by atoms with van der Waals surface area (Å²) in [7, 11) is -2.31. The number of nitrogens with zero attached hydrogens (tertiary/aromatic N) is 2. The maximum Gasteiger partial charge on any atom is 0.129 e. The Morgan fingerprint density at radius 2 is 2.38 bits per heavy atom. The number of aromatic nitrogens is 1. The Labute approximate surface area is 101 Å². The second-order valence-corrected chi connectivity index (χ2v) is 6.48. The highest BCUT2D eigenvalue weighted by Crippen LogP contribution is 2.18. The van der Waals surface area contributed by atoms with Crippen LogP contribution in [0.15, 0.2) is 22.7 Å². The molecule has 16 heavy (non-hydrogen) atoms. The van der Waals surface area contributed by atoms with E-state index in [2.05, 4.69) is 15.4 Å². The van der Waals surface area contributed by atoms with Gasteiger partial charge in [0.2, 0.25) is 0 Å². The van der Waals surface area contributed by atoms with Crippen molar-refractivity contribution in [1.29, 1.82) is 0 Å². The summed E-state index contributed by atoms with van der Waals surface area (Å²) in [6.45, 7) is 1.96. The van der Waals surface area contributed by atoms with Crippen molar-refractivity contribution in [3.05, 3.63) is 29.0 Å². The van der Waals surface area contributed by atoms with Gasteiger partial charge >= 0.3 is 0 Å². The van der Waals surface area contributed by atoms with E-state index in [4.69, 9.17) is 18.0 Å². The molecule has 1 aromatic heterocycles. The third-order valence-electron chi connectivity index (χ3n) is 2.12. The van der Waals surface area contributed by atoms with E-state index in [0.29, 0.717) is 10.9 Å². The van der Waals surface area contributed by atoms with Crippen molar-refractivity contribution in [2.24, 2.45) is 4.36 Å². The predicted octanol–water partition coefficient (Wildman–Crippen LogP) is 2.53. The molecule has 0 radical (unpaired) electrons. The van der Waals surface area contributed by atoms with E-state index in [1.165, 1.54) is 0 Å². The van der Waals surface area contributed by atoms with Crippen LogP contribution in [0.3, 0.4) is 0 Å². The van der Waals surface area contributed by atoms with Gasteiger partial charge in [-0.25, -0.2) is 9.19 Å². The molecule has 0 aliphatic rings. The summed E-state index contributed by atoms with van der Waals surface area (Å²) in [5, 5.41) is 0.446. The summed E-state index contributed by atoms with van der Waals surface area (Å²) in [5.41, 5.74) is 0.978. The van der Waals surface area contributed by atoms with E-state index < -0.39 is 9.73 Å². The number of halogens is 1. The lowest BCUT2D eigenvalue weighted by atomic mass is 10.1. The zero-order chi connectivity index (χ0) is 12.2. The smallest absolute Gasteiger partial charge is 0.129 e. The van der Waals surface area contributed by atoms with Crippen LogP contribution >= 0.6 is 11.6 Å². The lowest BCUT2D eigenvalue weighted by Gasteiger charge is -2.11. The highest BCUT2D eigenvalue weighted by Gasteiger charge is 2.11. The summed E-state index contributed by atoms with van der Waals surface area (Å²) < 4.78 is 15.5. The molecule has 0 saturated carbocycles. The topological polar surface area (TPSA) is 42.3 Å². The van der Waals surface area contributed by atoms with E-state index in [1.807, 2.05) is 13.0 Å². The fraction of sp³-hybridized carbons (Fsp3) is 0.364. The number of hydrogen-bond donors (Lipinski definition) is 0. The van der Waals surface area contributed by atoms with Gasteiger partial charge in [0.25, 0.3) is 0 Å². The van der Waals surface area contributed by atoms with Gasteiger partial charge < -0.3 is 0 Å². The van der Waals surface area contributed by atoms with Crippen molar-refractivity contribution in [1.82, 2.24) is 4.98 Å². The largest absolute Gasteiger partial charge is 0.249 e. The monoisotopic (exact) mass is 256 g/mol. The van der Waals surface area contributed by atoms with Gasteiger partial charge in [0.15, 0.2) is 0 Å². The Morgan fingerprint density at radius 1 is 1.69 bits per heavy atom. The Kier molecular flexibility index (Phi) is 4.34. The van der Waals surface area contributed by atoms with Gasteiger partial charge in [0, 0.05) is 24.2 Å². The summed E-state index contributed by atoms with van der Waals surface area (Å²) in [6, 6.07) is 5.66.